The smallest absolute Gasteiger partial charge is 0.227 e. The van der Waals surface area contributed by atoms with Gasteiger partial charge in [-0.15, -0.1) is 15.3 Å². The molecule has 0 aliphatic carbocycles. The zero-order chi connectivity index (χ0) is 18.1. The molecule has 0 bridgehead atoms. The van der Waals surface area contributed by atoms with E-state index in [4.69, 9.17) is 0 Å². The maximum absolute atomic E-state index is 13.6. The molecule has 1 aliphatic rings. The Morgan fingerprint density at radius 2 is 1.96 bits per heavy atom. The standard InChI is InChI=1S/C18H19FN6O/c1-13-2-3-14(10-15(13)19)11-18(26)24-8-6-23(7-9-24)17-5-4-16-21-20-12-25(16)22-17/h2-5,10,12H,6-9,11H2,1H3. The number of aromatic nitrogens is 4. The van der Waals surface area contributed by atoms with Gasteiger partial charge < -0.3 is 9.80 Å². The molecule has 0 atom stereocenters. The number of piperazine rings is 1. The van der Waals surface area contributed by atoms with E-state index in [2.05, 4.69) is 20.2 Å². The van der Waals surface area contributed by atoms with Gasteiger partial charge in [-0.05, 0) is 36.2 Å². The molecule has 0 N–H and O–H groups in total. The van der Waals surface area contributed by atoms with Gasteiger partial charge in [0, 0.05) is 26.2 Å². The average molecular weight is 354 g/mol. The Morgan fingerprint density at radius 3 is 2.73 bits per heavy atom. The van der Waals surface area contributed by atoms with E-state index in [-0.39, 0.29) is 18.1 Å². The zero-order valence-corrected chi connectivity index (χ0v) is 14.5. The van der Waals surface area contributed by atoms with E-state index in [9.17, 15) is 9.18 Å². The molecule has 0 unspecified atom stereocenters. The summed E-state index contributed by atoms with van der Waals surface area (Å²) in [6, 6.07) is 8.75. The maximum atomic E-state index is 13.6. The van der Waals surface area contributed by atoms with E-state index in [0.29, 0.717) is 43.0 Å². The quantitative estimate of drug-likeness (QED) is 0.712. The lowest BCUT2D eigenvalue weighted by Crippen LogP contribution is -2.49. The van der Waals surface area contributed by atoms with Crippen LogP contribution in [-0.4, -0.2) is 56.8 Å². The predicted molar refractivity (Wildman–Crippen MR) is 94.4 cm³/mol. The second-order valence-corrected chi connectivity index (χ2v) is 6.45. The lowest BCUT2D eigenvalue weighted by atomic mass is 10.1. The number of anilines is 1. The van der Waals surface area contributed by atoms with Crippen LogP contribution in [0.4, 0.5) is 10.2 Å². The van der Waals surface area contributed by atoms with Gasteiger partial charge in [0.05, 0.1) is 6.42 Å². The van der Waals surface area contributed by atoms with E-state index in [1.165, 1.54) is 6.07 Å². The van der Waals surface area contributed by atoms with E-state index < -0.39 is 0 Å². The minimum absolute atomic E-state index is 0.0233. The number of benzene rings is 1. The highest BCUT2D eigenvalue weighted by molar-refractivity contribution is 5.79. The van der Waals surface area contributed by atoms with Gasteiger partial charge in [0.15, 0.2) is 5.65 Å². The van der Waals surface area contributed by atoms with Gasteiger partial charge in [-0.1, -0.05) is 12.1 Å². The number of hydrogen-bond donors (Lipinski definition) is 0. The fraction of sp³-hybridized carbons (Fsp3) is 0.333. The van der Waals surface area contributed by atoms with Crippen LogP contribution in [0.15, 0.2) is 36.7 Å². The normalized spacial score (nSPS) is 14.8. The number of rotatable bonds is 3. The summed E-state index contributed by atoms with van der Waals surface area (Å²) in [4.78, 5) is 16.5. The van der Waals surface area contributed by atoms with Crippen molar-refractivity contribution >= 4 is 17.4 Å². The van der Waals surface area contributed by atoms with Crippen LogP contribution in [0.5, 0.6) is 0 Å². The summed E-state index contributed by atoms with van der Waals surface area (Å²) in [7, 11) is 0. The Labute approximate surface area is 150 Å². The molecule has 1 aliphatic heterocycles. The van der Waals surface area contributed by atoms with E-state index in [1.807, 2.05) is 23.1 Å². The molecule has 1 fully saturated rings. The van der Waals surface area contributed by atoms with Crippen LogP contribution in [0.25, 0.3) is 5.65 Å². The fourth-order valence-electron chi connectivity index (χ4n) is 3.10. The van der Waals surface area contributed by atoms with Crippen molar-refractivity contribution in [1.82, 2.24) is 24.7 Å². The lowest BCUT2D eigenvalue weighted by molar-refractivity contribution is -0.130. The molecule has 3 aromatic rings. The van der Waals surface area contributed by atoms with Gasteiger partial charge in [-0.25, -0.2) is 4.39 Å². The van der Waals surface area contributed by atoms with E-state index >= 15 is 0 Å². The Balaban J connectivity index is 1.37. The third kappa shape index (κ3) is 3.22. The topological polar surface area (TPSA) is 66.6 Å². The van der Waals surface area contributed by atoms with Crippen LogP contribution in [0.2, 0.25) is 0 Å². The third-order valence-electron chi connectivity index (χ3n) is 4.70. The summed E-state index contributed by atoms with van der Waals surface area (Å²) in [5.41, 5.74) is 2.00. The van der Waals surface area contributed by atoms with Crippen LogP contribution in [-0.2, 0) is 11.2 Å². The summed E-state index contributed by atoms with van der Waals surface area (Å²) in [6.07, 6.45) is 1.79. The minimum atomic E-state index is -0.268. The van der Waals surface area contributed by atoms with Crippen molar-refractivity contribution in [2.24, 2.45) is 0 Å². The second-order valence-electron chi connectivity index (χ2n) is 6.45. The second kappa shape index (κ2) is 6.70. The van der Waals surface area contributed by atoms with Crippen molar-refractivity contribution in [2.45, 2.75) is 13.3 Å². The number of hydrogen-bond acceptors (Lipinski definition) is 5. The molecule has 0 saturated carbocycles. The number of aryl methyl sites for hydroxylation is 1. The fourth-order valence-corrected chi connectivity index (χ4v) is 3.10. The summed E-state index contributed by atoms with van der Waals surface area (Å²) in [5, 5.41) is 12.3. The molecule has 7 nitrogen and oxygen atoms in total. The first kappa shape index (κ1) is 16.4. The van der Waals surface area contributed by atoms with Crippen molar-refractivity contribution < 1.29 is 9.18 Å². The molecular formula is C18H19FN6O. The lowest BCUT2D eigenvalue weighted by Gasteiger charge is -2.35. The Hall–Kier alpha value is -3.03. The molecule has 0 radical (unpaired) electrons. The Morgan fingerprint density at radius 1 is 1.15 bits per heavy atom. The van der Waals surface area contributed by atoms with Gasteiger partial charge in [0.25, 0.3) is 0 Å². The first-order valence-electron chi connectivity index (χ1n) is 8.55. The van der Waals surface area contributed by atoms with Crippen LogP contribution >= 0.6 is 0 Å². The van der Waals surface area contributed by atoms with Crippen molar-refractivity contribution in [3.8, 4) is 0 Å². The highest BCUT2D eigenvalue weighted by Gasteiger charge is 2.22. The Kier molecular flexibility index (Phi) is 4.24. The van der Waals surface area contributed by atoms with Crippen molar-refractivity contribution in [1.29, 1.82) is 0 Å². The van der Waals surface area contributed by atoms with Gasteiger partial charge in [0.1, 0.15) is 18.0 Å². The predicted octanol–water partition coefficient (Wildman–Crippen LogP) is 1.46. The first-order valence-corrected chi connectivity index (χ1v) is 8.55. The SMILES string of the molecule is Cc1ccc(CC(=O)N2CCN(c3ccc4nncn4n3)CC2)cc1F. The average Bonchev–Trinajstić information content (AvgIpc) is 3.12. The number of fused-ring (bicyclic) bond motifs is 1. The van der Waals surface area contributed by atoms with Crippen LogP contribution in [0.3, 0.4) is 0 Å². The van der Waals surface area contributed by atoms with Crippen LogP contribution in [0, 0.1) is 12.7 Å². The van der Waals surface area contributed by atoms with Crippen LogP contribution < -0.4 is 4.90 Å². The summed E-state index contributed by atoms with van der Waals surface area (Å²) < 4.78 is 15.3. The number of carbonyl (C=O) groups excluding carboxylic acids is 1. The summed E-state index contributed by atoms with van der Waals surface area (Å²) in [5.74, 6) is 0.593. The van der Waals surface area contributed by atoms with Crippen LogP contribution in [0.1, 0.15) is 11.1 Å². The van der Waals surface area contributed by atoms with Crippen molar-refractivity contribution in [3.63, 3.8) is 0 Å². The third-order valence-corrected chi connectivity index (χ3v) is 4.70. The monoisotopic (exact) mass is 354 g/mol. The number of carbonyl (C=O) groups is 1. The molecule has 134 valence electrons. The first-order chi connectivity index (χ1) is 12.6. The largest absolute Gasteiger partial charge is 0.352 e. The molecule has 1 saturated heterocycles. The van der Waals surface area contributed by atoms with E-state index in [0.717, 1.165) is 5.82 Å². The molecule has 8 heteroatoms. The van der Waals surface area contributed by atoms with Gasteiger partial charge in [0.2, 0.25) is 5.91 Å². The van der Waals surface area contributed by atoms with Crippen molar-refractivity contribution in [2.75, 3.05) is 31.1 Å². The maximum Gasteiger partial charge on any atom is 0.227 e. The molecule has 3 heterocycles. The molecule has 0 spiro atoms. The van der Waals surface area contributed by atoms with Gasteiger partial charge in [-0.3, -0.25) is 4.79 Å². The minimum Gasteiger partial charge on any atom is -0.352 e. The molecule has 2 aromatic heterocycles. The molecule has 4 rings (SSSR count). The highest BCUT2D eigenvalue weighted by atomic mass is 19.1. The van der Waals surface area contributed by atoms with Gasteiger partial charge >= 0.3 is 0 Å². The molecule has 1 aromatic carbocycles. The molecule has 26 heavy (non-hydrogen) atoms. The van der Waals surface area contributed by atoms with E-state index in [1.54, 1.807) is 23.8 Å². The number of halogens is 1. The van der Waals surface area contributed by atoms with Crippen molar-refractivity contribution in [3.05, 3.63) is 53.6 Å². The molecule has 1 amide bonds. The zero-order valence-electron chi connectivity index (χ0n) is 14.5. The van der Waals surface area contributed by atoms with Gasteiger partial charge in [-0.2, -0.15) is 4.52 Å². The molecular weight excluding hydrogens is 335 g/mol. The number of amides is 1. The highest BCUT2D eigenvalue weighted by Crippen LogP contribution is 2.15. The summed E-state index contributed by atoms with van der Waals surface area (Å²) >= 11 is 0. The number of nitrogens with zero attached hydrogens (tertiary/aromatic N) is 6. The summed E-state index contributed by atoms with van der Waals surface area (Å²) in [6.45, 7) is 4.36. The Bertz CT molecular complexity index is 948.